The van der Waals surface area contributed by atoms with Crippen LogP contribution >= 0.6 is 23.2 Å². The van der Waals surface area contributed by atoms with Crippen molar-refractivity contribution >= 4 is 113 Å². The second-order valence-electron chi connectivity index (χ2n) is 16.6. The van der Waals surface area contributed by atoms with Crippen LogP contribution in [0.25, 0.3) is 0 Å². The maximum absolute atomic E-state index is 13.2. The first-order valence-electron chi connectivity index (χ1n) is 22.5. The number of anilines is 6. The zero-order valence-electron chi connectivity index (χ0n) is 40.0. The Balaban J connectivity index is 0.912. The van der Waals surface area contributed by atoms with Gasteiger partial charge in [-0.3, -0.25) is 59.9 Å². The Hall–Kier alpha value is -6.70. The summed E-state index contributed by atoms with van der Waals surface area (Å²) in [4.78, 5) is 77.8. The first-order chi connectivity index (χ1) is 34.2. The maximum atomic E-state index is 13.2. The lowest BCUT2D eigenvalue weighted by Gasteiger charge is -2.34. The van der Waals surface area contributed by atoms with E-state index in [1.165, 1.54) is 60.7 Å². The van der Waals surface area contributed by atoms with E-state index in [0.717, 1.165) is 26.2 Å². The first kappa shape index (κ1) is 56.2. The third kappa shape index (κ3) is 16.2. The molecule has 0 spiro atoms. The standard InChI is InChI=1S/C46H58Cl2N12O10S2/c1-29-7-17-37(31(3)41(29)51-39(61)27-47)71(67,68)57-35-13-9-33(10-14-35)53-55-45(65)43(63)49-19-5-21-59-23-25-60(26-24-59)22-6-20-50-44(64)46(66)56-54-34-11-15-36(16-12-34)58-72(69,70)38-18-8-30(2)42(32(38)4)52-40(62)28-48/h7-18,53-54,57-58H,5-6,19-28H2,1-4H3,(H,49,63)(H,50,64)(H,51,61)(H,52,62)(H,55,65)(H,56,66). The first-order valence-corrected chi connectivity index (χ1v) is 26.6. The number of hydrazine groups is 2. The van der Waals surface area contributed by atoms with Crippen molar-refractivity contribution in [1.82, 2.24) is 31.3 Å². The van der Waals surface area contributed by atoms with E-state index >= 15 is 0 Å². The predicted molar refractivity (Wildman–Crippen MR) is 277 cm³/mol. The average Bonchev–Trinajstić information content (AvgIpc) is 3.35. The summed E-state index contributed by atoms with van der Waals surface area (Å²) in [7, 11) is -8.09. The number of rotatable bonds is 22. The summed E-state index contributed by atoms with van der Waals surface area (Å²) >= 11 is 11.2. The van der Waals surface area contributed by atoms with Crippen LogP contribution in [0.4, 0.5) is 34.1 Å². The van der Waals surface area contributed by atoms with Crippen LogP contribution in [0.5, 0.6) is 0 Å². The number of piperazine rings is 1. The molecule has 4 aromatic rings. The molecule has 0 saturated carbocycles. The van der Waals surface area contributed by atoms with Crippen LogP contribution in [0.1, 0.15) is 35.1 Å². The zero-order chi connectivity index (χ0) is 52.6. The molecule has 5 rings (SSSR count). The number of halogens is 2. The van der Waals surface area contributed by atoms with Crippen molar-refractivity contribution in [2.24, 2.45) is 0 Å². The van der Waals surface area contributed by atoms with Gasteiger partial charge in [-0.05, 0) is 137 Å². The van der Waals surface area contributed by atoms with Crippen molar-refractivity contribution in [3.8, 4) is 0 Å². The molecule has 0 unspecified atom stereocenters. The topological polar surface area (TPSA) is 297 Å². The van der Waals surface area contributed by atoms with Gasteiger partial charge in [0.25, 0.3) is 20.0 Å². The minimum Gasteiger partial charge on any atom is -0.348 e. The Kier molecular flexibility index (Phi) is 20.4. The molecule has 26 heteroatoms. The smallest absolute Gasteiger partial charge is 0.327 e. The van der Waals surface area contributed by atoms with Gasteiger partial charge in [-0.2, -0.15) is 0 Å². The van der Waals surface area contributed by atoms with Crippen LogP contribution in [-0.4, -0.2) is 126 Å². The van der Waals surface area contributed by atoms with Gasteiger partial charge in [0.1, 0.15) is 11.8 Å². The SMILES string of the molecule is Cc1ccc(S(=O)(=O)Nc2ccc(NNC(=O)C(=O)NCCCN3CCN(CCCNC(=O)C(=O)NNc4ccc(NS(=O)(=O)c5ccc(C)c(NC(=O)CCl)c5C)cc4)CC3)cc2)c(C)c1NC(=O)CCl. The Labute approximate surface area is 428 Å². The lowest BCUT2D eigenvalue weighted by atomic mass is 10.1. The number of nitrogens with zero attached hydrogens (tertiary/aromatic N) is 2. The molecule has 10 N–H and O–H groups in total. The van der Waals surface area contributed by atoms with Crippen molar-refractivity contribution in [1.29, 1.82) is 0 Å². The molecule has 0 aliphatic carbocycles. The molecule has 1 aliphatic heterocycles. The van der Waals surface area contributed by atoms with Gasteiger partial charge in [-0.15, -0.1) is 23.2 Å². The van der Waals surface area contributed by atoms with E-state index in [1.54, 1.807) is 39.8 Å². The van der Waals surface area contributed by atoms with Gasteiger partial charge in [0.05, 0.1) is 21.2 Å². The van der Waals surface area contributed by atoms with Crippen molar-refractivity contribution in [2.75, 3.05) is 95.0 Å². The highest BCUT2D eigenvalue weighted by atomic mass is 35.5. The molecule has 1 aliphatic rings. The fourth-order valence-electron chi connectivity index (χ4n) is 7.41. The number of aryl methyl sites for hydroxylation is 2. The maximum Gasteiger partial charge on any atom is 0.327 e. The van der Waals surface area contributed by atoms with Crippen LogP contribution < -0.4 is 52.4 Å². The van der Waals surface area contributed by atoms with Crippen LogP contribution in [0.3, 0.4) is 0 Å². The quantitative estimate of drug-likeness (QED) is 0.0234. The Morgan fingerprint density at radius 3 is 1.15 bits per heavy atom. The molecule has 0 bridgehead atoms. The number of nitrogens with one attached hydrogen (secondary N) is 10. The monoisotopic (exact) mass is 1070 g/mol. The lowest BCUT2D eigenvalue weighted by molar-refractivity contribution is -0.138. The summed E-state index contributed by atoms with van der Waals surface area (Å²) in [5.74, 6) is -4.98. The molecule has 72 heavy (non-hydrogen) atoms. The lowest BCUT2D eigenvalue weighted by Crippen LogP contribution is -2.48. The number of amides is 6. The molecule has 1 saturated heterocycles. The van der Waals surface area contributed by atoms with Gasteiger partial charge in [0.2, 0.25) is 11.8 Å². The summed E-state index contributed by atoms with van der Waals surface area (Å²) in [6.07, 6.45) is 1.22. The van der Waals surface area contributed by atoms with E-state index in [0.29, 0.717) is 70.9 Å². The largest absolute Gasteiger partial charge is 0.348 e. The number of hydrogen-bond acceptors (Lipinski definition) is 14. The van der Waals surface area contributed by atoms with Crippen LogP contribution in [0, 0.1) is 27.7 Å². The molecule has 1 fully saturated rings. The second-order valence-corrected chi connectivity index (χ2v) is 20.4. The van der Waals surface area contributed by atoms with E-state index in [-0.39, 0.29) is 46.0 Å². The van der Waals surface area contributed by atoms with Crippen LogP contribution in [0.15, 0.2) is 82.6 Å². The summed E-state index contributed by atoms with van der Waals surface area (Å²) in [6.45, 7) is 11.7. The number of sulfonamides is 2. The molecule has 6 amide bonds. The van der Waals surface area contributed by atoms with Crippen molar-refractivity contribution in [3.63, 3.8) is 0 Å². The van der Waals surface area contributed by atoms with Crippen molar-refractivity contribution in [3.05, 3.63) is 95.1 Å². The van der Waals surface area contributed by atoms with E-state index < -0.39 is 55.5 Å². The molecule has 4 aromatic carbocycles. The molecule has 0 radical (unpaired) electrons. The highest BCUT2D eigenvalue weighted by Crippen LogP contribution is 2.30. The summed E-state index contributed by atoms with van der Waals surface area (Å²) in [5.41, 5.74) is 13.9. The normalized spacial score (nSPS) is 13.0. The molecule has 388 valence electrons. The molecular weight excluding hydrogens is 1020 g/mol. The highest BCUT2D eigenvalue weighted by Gasteiger charge is 2.24. The Bertz CT molecular complexity index is 2660. The van der Waals surface area contributed by atoms with E-state index in [9.17, 15) is 45.6 Å². The third-order valence-electron chi connectivity index (χ3n) is 11.3. The summed E-state index contributed by atoms with van der Waals surface area (Å²) in [6, 6.07) is 18.0. The van der Waals surface area contributed by atoms with Crippen LogP contribution in [0.2, 0.25) is 0 Å². The summed E-state index contributed by atoms with van der Waals surface area (Å²) < 4.78 is 57.8. The van der Waals surface area contributed by atoms with Gasteiger partial charge in [0, 0.05) is 62.0 Å². The van der Waals surface area contributed by atoms with Gasteiger partial charge in [-0.1, -0.05) is 12.1 Å². The minimum atomic E-state index is -4.05. The van der Waals surface area contributed by atoms with Gasteiger partial charge >= 0.3 is 23.6 Å². The molecule has 1 heterocycles. The minimum absolute atomic E-state index is 0.0294. The zero-order valence-corrected chi connectivity index (χ0v) is 43.1. The fourth-order valence-corrected chi connectivity index (χ4v) is 10.2. The van der Waals surface area contributed by atoms with Gasteiger partial charge < -0.3 is 31.1 Å². The predicted octanol–water partition coefficient (Wildman–Crippen LogP) is 3.09. The second kappa shape index (κ2) is 26.1. The van der Waals surface area contributed by atoms with Crippen molar-refractivity contribution < 1.29 is 45.6 Å². The average molecular weight is 1070 g/mol. The van der Waals surface area contributed by atoms with E-state index in [4.69, 9.17) is 23.2 Å². The Morgan fingerprint density at radius 2 is 0.819 bits per heavy atom. The molecule has 22 nitrogen and oxygen atoms in total. The van der Waals surface area contributed by atoms with Gasteiger partial charge in [0.15, 0.2) is 0 Å². The summed E-state index contributed by atoms with van der Waals surface area (Å²) in [5, 5.41) is 10.5. The number of alkyl halides is 2. The van der Waals surface area contributed by atoms with E-state index in [2.05, 4.69) is 62.2 Å². The third-order valence-corrected chi connectivity index (χ3v) is 14.8. The van der Waals surface area contributed by atoms with Crippen molar-refractivity contribution in [2.45, 2.75) is 50.3 Å². The molecular formula is C46H58Cl2N12O10S2. The number of benzene rings is 4. The Morgan fingerprint density at radius 1 is 0.486 bits per heavy atom. The van der Waals surface area contributed by atoms with Gasteiger partial charge in [-0.25, -0.2) is 16.8 Å². The number of carbonyl (C=O) groups excluding carboxylic acids is 6. The molecule has 0 atom stereocenters. The number of hydrogen-bond donors (Lipinski definition) is 10. The number of carbonyl (C=O) groups is 6. The van der Waals surface area contributed by atoms with E-state index in [1.807, 2.05) is 0 Å². The fraction of sp³-hybridized carbons (Fsp3) is 0.348. The molecule has 0 aromatic heterocycles. The van der Waals surface area contributed by atoms with Crippen LogP contribution in [-0.2, 0) is 48.8 Å². The highest BCUT2D eigenvalue weighted by molar-refractivity contribution is 7.93.